The van der Waals surface area contributed by atoms with Gasteiger partial charge in [-0.15, -0.1) is 0 Å². The second kappa shape index (κ2) is 5.95. The summed E-state index contributed by atoms with van der Waals surface area (Å²) in [5.41, 5.74) is 1.12. The molecule has 0 aliphatic heterocycles. The van der Waals surface area contributed by atoms with Crippen LogP contribution in [0.15, 0.2) is 30.6 Å². The van der Waals surface area contributed by atoms with Gasteiger partial charge in [0.05, 0.1) is 23.8 Å². The number of nitrogens with zero attached hydrogens (tertiary/aromatic N) is 2. The van der Waals surface area contributed by atoms with Gasteiger partial charge in [-0.05, 0) is 26.0 Å². The minimum Gasteiger partial charge on any atom is -0.481 e. The van der Waals surface area contributed by atoms with Crippen LogP contribution in [0.3, 0.4) is 0 Å². The number of amides is 1. The highest BCUT2D eigenvalue weighted by Crippen LogP contribution is 2.13. The van der Waals surface area contributed by atoms with Gasteiger partial charge in [0.2, 0.25) is 5.91 Å². The highest BCUT2D eigenvalue weighted by Gasteiger charge is 2.23. The number of carboxylic acid groups (broad SMARTS) is 1. The molecule has 6 heteroatoms. The van der Waals surface area contributed by atoms with Gasteiger partial charge in [-0.1, -0.05) is 12.1 Å². The van der Waals surface area contributed by atoms with E-state index in [2.05, 4.69) is 10.3 Å². The van der Waals surface area contributed by atoms with Gasteiger partial charge in [0.15, 0.2) is 0 Å². The summed E-state index contributed by atoms with van der Waals surface area (Å²) in [5, 5.41) is 11.5. The Morgan fingerprint density at radius 2 is 2.05 bits per heavy atom. The first-order valence-corrected chi connectivity index (χ1v) is 6.80. The first-order chi connectivity index (χ1) is 9.87. The zero-order valence-corrected chi connectivity index (χ0v) is 12.2. The number of imidazole rings is 1. The first-order valence-electron chi connectivity index (χ1n) is 6.80. The average Bonchev–Trinajstić information content (AvgIpc) is 2.77. The Labute approximate surface area is 122 Å². The summed E-state index contributed by atoms with van der Waals surface area (Å²) in [6.07, 6.45) is 1.89. The van der Waals surface area contributed by atoms with E-state index in [1.54, 1.807) is 20.2 Å². The van der Waals surface area contributed by atoms with Crippen LogP contribution < -0.4 is 5.32 Å². The fourth-order valence-corrected chi connectivity index (χ4v) is 2.27. The number of carbonyl (C=O) groups excluding carboxylic acids is 1. The summed E-state index contributed by atoms with van der Waals surface area (Å²) < 4.78 is 1.92. The molecule has 0 saturated heterocycles. The van der Waals surface area contributed by atoms with E-state index in [9.17, 15) is 9.59 Å². The lowest BCUT2D eigenvalue weighted by Gasteiger charge is -2.24. The summed E-state index contributed by atoms with van der Waals surface area (Å²) >= 11 is 0. The molecule has 1 aromatic heterocycles. The molecular weight excluding hydrogens is 270 g/mol. The largest absolute Gasteiger partial charge is 0.481 e. The molecule has 21 heavy (non-hydrogen) atoms. The normalized spacial score (nSPS) is 11.5. The standard InChI is InChI=1S/C15H19N3O3/c1-15(2,9-14(20)21)17-13(19)7-8-18-10-16-11-5-3-4-6-12(11)18/h3-6,10H,7-9H2,1-2H3,(H,17,19)(H,20,21). The van der Waals surface area contributed by atoms with E-state index < -0.39 is 11.5 Å². The first kappa shape index (κ1) is 15.0. The third-order valence-corrected chi connectivity index (χ3v) is 3.18. The maximum atomic E-state index is 11.9. The summed E-state index contributed by atoms with van der Waals surface area (Å²) in [7, 11) is 0. The quantitative estimate of drug-likeness (QED) is 0.849. The lowest BCUT2D eigenvalue weighted by Crippen LogP contribution is -2.45. The molecule has 0 saturated carbocycles. The predicted molar refractivity (Wildman–Crippen MR) is 78.8 cm³/mol. The van der Waals surface area contributed by atoms with Gasteiger partial charge < -0.3 is 15.0 Å². The number of carbonyl (C=O) groups is 2. The number of fused-ring (bicyclic) bond motifs is 1. The van der Waals surface area contributed by atoms with Gasteiger partial charge in [0.25, 0.3) is 0 Å². The lowest BCUT2D eigenvalue weighted by atomic mass is 10.0. The minimum absolute atomic E-state index is 0.104. The van der Waals surface area contributed by atoms with Crippen molar-refractivity contribution < 1.29 is 14.7 Å². The van der Waals surface area contributed by atoms with Crippen LogP contribution in [-0.4, -0.2) is 32.1 Å². The monoisotopic (exact) mass is 289 g/mol. The van der Waals surface area contributed by atoms with Crippen molar-refractivity contribution in [3.8, 4) is 0 Å². The van der Waals surface area contributed by atoms with Crippen LogP contribution >= 0.6 is 0 Å². The number of hydrogen-bond donors (Lipinski definition) is 2. The third-order valence-electron chi connectivity index (χ3n) is 3.18. The Kier molecular flexibility index (Phi) is 4.26. The molecule has 2 aromatic rings. The highest BCUT2D eigenvalue weighted by atomic mass is 16.4. The van der Waals surface area contributed by atoms with E-state index in [-0.39, 0.29) is 18.7 Å². The number of para-hydroxylation sites is 2. The fraction of sp³-hybridized carbons (Fsp3) is 0.400. The van der Waals surface area contributed by atoms with Gasteiger partial charge in [-0.25, -0.2) is 4.98 Å². The molecule has 1 heterocycles. The molecule has 0 atom stereocenters. The SMILES string of the molecule is CC(C)(CC(=O)O)NC(=O)CCn1cnc2ccccc21. The van der Waals surface area contributed by atoms with Crippen molar-refractivity contribution >= 4 is 22.9 Å². The summed E-state index contributed by atoms with van der Waals surface area (Å²) in [6.45, 7) is 3.91. The smallest absolute Gasteiger partial charge is 0.305 e. The number of aromatic nitrogens is 2. The van der Waals surface area contributed by atoms with Crippen LogP contribution in [0.5, 0.6) is 0 Å². The molecule has 0 unspecified atom stereocenters. The molecule has 1 amide bonds. The second-order valence-electron chi connectivity index (χ2n) is 5.68. The molecule has 2 N–H and O–H groups in total. The van der Waals surface area contributed by atoms with E-state index in [1.807, 2.05) is 28.8 Å². The Balaban J connectivity index is 1.94. The molecule has 0 aliphatic carbocycles. The number of benzene rings is 1. The van der Waals surface area contributed by atoms with E-state index in [4.69, 9.17) is 5.11 Å². The molecule has 0 aliphatic rings. The van der Waals surface area contributed by atoms with Crippen molar-refractivity contribution in [1.29, 1.82) is 0 Å². The molecular formula is C15H19N3O3. The Hall–Kier alpha value is -2.37. The molecule has 0 radical (unpaired) electrons. The molecule has 1 aromatic carbocycles. The van der Waals surface area contributed by atoms with Crippen molar-refractivity contribution in [1.82, 2.24) is 14.9 Å². The third kappa shape index (κ3) is 4.05. The lowest BCUT2D eigenvalue weighted by molar-refractivity contribution is -0.138. The van der Waals surface area contributed by atoms with Crippen molar-refractivity contribution in [2.45, 2.75) is 38.8 Å². The topological polar surface area (TPSA) is 84.2 Å². The van der Waals surface area contributed by atoms with Gasteiger partial charge in [-0.3, -0.25) is 9.59 Å². The van der Waals surface area contributed by atoms with Gasteiger partial charge in [-0.2, -0.15) is 0 Å². The van der Waals surface area contributed by atoms with Crippen molar-refractivity contribution in [3.63, 3.8) is 0 Å². The predicted octanol–water partition coefficient (Wildman–Crippen LogP) is 1.80. The summed E-state index contributed by atoms with van der Waals surface area (Å²) in [5.74, 6) is -1.10. The van der Waals surface area contributed by atoms with Crippen LogP contribution in [-0.2, 0) is 16.1 Å². The van der Waals surface area contributed by atoms with Gasteiger partial charge in [0, 0.05) is 18.5 Å². The molecule has 2 rings (SSSR count). The number of rotatable bonds is 6. The Morgan fingerprint density at radius 3 is 2.76 bits per heavy atom. The number of hydrogen-bond acceptors (Lipinski definition) is 3. The fourth-order valence-electron chi connectivity index (χ4n) is 2.27. The van der Waals surface area contributed by atoms with Crippen LogP contribution in [0.1, 0.15) is 26.7 Å². The zero-order chi connectivity index (χ0) is 15.5. The number of aryl methyl sites for hydroxylation is 1. The van der Waals surface area contributed by atoms with Crippen LogP contribution in [0.2, 0.25) is 0 Å². The molecule has 112 valence electrons. The molecule has 0 fully saturated rings. The van der Waals surface area contributed by atoms with E-state index in [1.165, 1.54) is 0 Å². The number of carboxylic acids is 1. The van der Waals surface area contributed by atoms with Crippen molar-refractivity contribution in [2.24, 2.45) is 0 Å². The highest BCUT2D eigenvalue weighted by molar-refractivity contribution is 5.79. The maximum absolute atomic E-state index is 11.9. The van der Waals surface area contributed by atoms with Crippen LogP contribution in [0.25, 0.3) is 11.0 Å². The van der Waals surface area contributed by atoms with E-state index in [0.717, 1.165) is 11.0 Å². The second-order valence-corrected chi connectivity index (χ2v) is 5.68. The van der Waals surface area contributed by atoms with Crippen LogP contribution in [0, 0.1) is 0 Å². The maximum Gasteiger partial charge on any atom is 0.305 e. The summed E-state index contributed by atoms with van der Waals surface area (Å²) in [4.78, 5) is 26.9. The van der Waals surface area contributed by atoms with Crippen molar-refractivity contribution in [2.75, 3.05) is 0 Å². The van der Waals surface area contributed by atoms with E-state index >= 15 is 0 Å². The molecule has 0 bridgehead atoms. The van der Waals surface area contributed by atoms with Crippen LogP contribution in [0.4, 0.5) is 0 Å². The Morgan fingerprint density at radius 1 is 1.33 bits per heavy atom. The number of nitrogens with one attached hydrogen (secondary N) is 1. The summed E-state index contributed by atoms with van der Waals surface area (Å²) in [6, 6.07) is 7.72. The Bertz CT molecular complexity index is 661. The number of aliphatic carboxylic acids is 1. The van der Waals surface area contributed by atoms with Gasteiger partial charge in [0.1, 0.15) is 0 Å². The molecule has 6 nitrogen and oxygen atoms in total. The molecule has 0 spiro atoms. The van der Waals surface area contributed by atoms with E-state index in [0.29, 0.717) is 6.54 Å². The van der Waals surface area contributed by atoms with Gasteiger partial charge >= 0.3 is 5.97 Å². The average molecular weight is 289 g/mol. The minimum atomic E-state index is -0.930. The van der Waals surface area contributed by atoms with Crippen molar-refractivity contribution in [3.05, 3.63) is 30.6 Å². The zero-order valence-electron chi connectivity index (χ0n) is 12.2.